The number of alkyl halides is 3. The number of aromatic nitrogens is 1. The van der Waals surface area contributed by atoms with Crippen molar-refractivity contribution < 1.29 is 18.3 Å². The molecule has 10 heteroatoms. The molecule has 0 saturated heterocycles. The maximum absolute atomic E-state index is 12.4. The number of allylic oxidation sites excluding steroid dienone is 1. The fraction of sp³-hybridized carbons (Fsp3) is 0.611. The van der Waals surface area contributed by atoms with Gasteiger partial charge in [0.15, 0.2) is 6.10 Å². The Hall–Kier alpha value is -2.04. The minimum atomic E-state index is -4.56. The second kappa shape index (κ2) is 7.41. The van der Waals surface area contributed by atoms with Crippen LogP contribution in [0.4, 0.5) is 19.0 Å². The van der Waals surface area contributed by atoms with Crippen molar-refractivity contribution in [1.29, 1.82) is 0 Å². The Labute approximate surface area is 161 Å². The average Bonchev–Trinajstić information content (AvgIpc) is 3.26. The smallest absolute Gasteiger partial charge is 0.382 e. The number of aliphatic hydroxyl groups excluding tert-OH is 1. The number of hydrogen-bond donors (Lipinski definition) is 4. The number of aliphatic imine (C=N–C) groups is 1. The molecule has 1 aromatic heterocycles. The van der Waals surface area contributed by atoms with Crippen molar-refractivity contribution in [3.63, 3.8) is 0 Å². The summed E-state index contributed by atoms with van der Waals surface area (Å²) in [6.45, 7) is 0.0511. The van der Waals surface area contributed by atoms with Crippen LogP contribution in [-0.4, -0.2) is 59.0 Å². The monoisotopic (exact) mass is 398 g/mol. The topological polar surface area (TPSA) is 78.9 Å². The third kappa shape index (κ3) is 3.63. The van der Waals surface area contributed by atoms with Crippen LogP contribution in [0.1, 0.15) is 31.2 Å². The van der Waals surface area contributed by atoms with E-state index in [4.69, 9.17) is 5.11 Å². The first-order valence-electron chi connectivity index (χ1n) is 9.55. The fourth-order valence-electron chi connectivity index (χ4n) is 4.21. The predicted molar refractivity (Wildman–Crippen MR) is 99.0 cm³/mol. The lowest BCUT2D eigenvalue weighted by molar-refractivity contribution is -0.201. The van der Waals surface area contributed by atoms with Gasteiger partial charge in [-0.05, 0) is 44.2 Å². The van der Waals surface area contributed by atoms with Gasteiger partial charge in [-0.3, -0.25) is 0 Å². The Balaban J connectivity index is 1.35. The van der Waals surface area contributed by atoms with E-state index < -0.39 is 18.8 Å². The normalized spacial score (nSPS) is 26.2. The summed E-state index contributed by atoms with van der Waals surface area (Å²) in [5.74, 6) is 1.55. The zero-order valence-corrected chi connectivity index (χ0v) is 15.6. The van der Waals surface area contributed by atoms with Gasteiger partial charge in [0.25, 0.3) is 0 Å². The first-order valence-corrected chi connectivity index (χ1v) is 9.55. The van der Waals surface area contributed by atoms with Crippen molar-refractivity contribution >= 4 is 17.9 Å². The van der Waals surface area contributed by atoms with Gasteiger partial charge in [-0.1, -0.05) is 0 Å². The molecule has 0 spiro atoms. The number of aliphatic hydroxyl groups is 1. The predicted octanol–water partition coefficient (Wildman–Crippen LogP) is 2.34. The Kier molecular flexibility index (Phi) is 5.11. The molecule has 7 nitrogen and oxygen atoms in total. The van der Waals surface area contributed by atoms with Gasteiger partial charge in [-0.15, -0.1) is 5.12 Å². The SMILES string of the molecule is CN1NC(C2CCC(CNCC(O)C(F)(F)F)CC2)=C2c3cc[nH]c3N=CN21. The molecule has 0 radical (unpaired) electrons. The highest BCUT2D eigenvalue weighted by Gasteiger charge is 2.38. The van der Waals surface area contributed by atoms with Crippen LogP contribution in [-0.2, 0) is 0 Å². The van der Waals surface area contributed by atoms with Gasteiger partial charge >= 0.3 is 6.18 Å². The largest absolute Gasteiger partial charge is 0.415 e. The van der Waals surface area contributed by atoms with E-state index in [9.17, 15) is 13.2 Å². The second-order valence-electron chi connectivity index (χ2n) is 7.66. The highest BCUT2D eigenvalue weighted by molar-refractivity contribution is 5.87. The molecule has 1 saturated carbocycles. The van der Waals surface area contributed by atoms with E-state index in [2.05, 4.69) is 20.7 Å². The van der Waals surface area contributed by atoms with E-state index in [1.54, 1.807) is 6.34 Å². The Morgan fingerprint density at radius 1 is 1.32 bits per heavy atom. The Morgan fingerprint density at radius 2 is 2.07 bits per heavy atom. The maximum Gasteiger partial charge on any atom is 0.415 e. The van der Waals surface area contributed by atoms with Crippen LogP contribution >= 0.6 is 0 Å². The molecule has 2 aliphatic heterocycles. The van der Waals surface area contributed by atoms with E-state index in [0.717, 1.165) is 42.8 Å². The highest BCUT2D eigenvalue weighted by atomic mass is 19.4. The van der Waals surface area contributed by atoms with Crippen molar-refractivity contribution in [3.05, 3.63) is 23.5 Å². The molecule has 1 aromatic rings. The van der Waals surface area contributed by atoms with Gasteiger partial charge in [0, 0.05) is 31.3 Å². The molecule has 3 aliphatic rings. The molecule has 1 aliphatic carbocycles. The van der Waals surface area contributed by atoms with Crippen LogP contribution in [0.15, 0.2) is 23.0 Å². The van der Waals surface area contributed by atoms with E-state index in [1.807, 2.05) is 29.4 Å². The fourth-order valence-corrected chi connectivity index (χ4v) is 4.21. The molecule has 28 heavy (non-hydrogen) atoms. The molecule has 0 aromatic carbocycles. The molecule has 1 unspecified atom stereocenters. The summed E-state index contributed by atoms with van der Waals surface area (Å²) in [5, 5.41) is 15.8. The number of halogens is 3. The molecule has 1 fully saturated rings. The number of nitrogens with one attached hydrogen (secondary N) is 3. The van der Waals surface area contributed by atoms with E-state index in [-0.39, 0.29) is 0 Å². The molecule has 4 rings (SSSR count). The Morgan fingerprint density at radius 3 is 2.79 bits per heavy atom. The van der Waals surface area contributed by atoms with Crippen LogP contribution < -0.4 is 10.7 Å². The number of nitrogens with zero attached hydrogens (tertiary/aromatic N) is 3. The first-order chi connectivity index (χ1) is 13.3. The van der Waals surface area contributed by atoms with Gasteiger partial charge in [-0.25, -0.2) is 10.0 Å². The zero-order valence-electron chi connectivity index (χ0n) is 15.6. The lowest BCUT2D eigenvalue weighted by Gasteiger charge is -2.30. The second-order valence-corrected chi connectivity index (χ2v) is 7.66. The number of H-pyrrole nitrogens is 1. The molecule has 4 N–H and O–H groups in total. The van der Waals surface area contributed by atoms with Gasteiger partial charge in [0.05, 0.1) is 11.4 Å². The van der Waals surface area contributed by atoms with Crippen molar-refractivity contribution in [3.8, 4) is 0 Å². The third-order valence-corrected chi connectivity index (χ3v) is 5.77. The van der Waals surface area contributed by atoms with Crippen molar-refractivity contribution in [2.45, 2.75) is 38.0 Å². The number of hydrazine groups is 2. The zero-order chi connectivity index (χ0) is 19.9. The molecule has 0 amide bonds. The van der Waals surface area contributed by atoms with E-state index in [0.29, 0.717) is 18.4 Å². The van der Waals surface area contributed by atoms with Gasteiger partial charge in [-0.2, -0.15) is 13.2 Å². The average molecular weight is 398 g/mol. The van der Waals surface area contributed by atoms with Crippen molar-refractivity contribution in [1.82, 2.24) is 25.9 Å². The van der Waals surface area contributed by atoms with Gasteiger partial charge in [0.2, 0.25) is 0 Å². The maximum atomic E-state index is 12.4. The number of hydrogen-bond acceptors (Lipinski definition) is 6. The summed E-state index contributed by atoms with van der Waals surface area (Å²) in [5.41, 5.74) is 6.80. The summed E-state index contributed by atoms with van der Waals surface area (Å²) in [6, 6.07) is 2.02. The van der Waals surface area contributed by atoms with Crippen LogP contribution in [0.3, 0.4) is 0 Å². The number of aromatic amines is 1. The summed E-state index contributed by atoms with van der Waals surface area (Å²) in [7, 11) is 1.94. The molecule has 1 atom stereocenters. The molecular formula is C18H25F3N6O. The lowest BCUT2D eigenvalue weighted by Crippen LogP contribution is -2.41. The number of fused-ring (bicyclic) bond motifs is 3. The first kappa shape index (κ1) is 19.3. The molecule has 154 valence electrons. The van der Waals surface area contributed by atoms with Crippen molar-refractivity contribution in [2.75, 3.05) is 20.1 Å². The third-order valence-electron chi connectivity index (χ3n) is 5.77. The van der Waals surface area contributed by atoms with Crippen molar-refractivity contribution in [2.24, 2.45) is 16.8 Å². The summed E-state index contributed by atoms with van der Waals surface area (Å²) < 4.78 is 37.1. The summed E-state index contributed by atoms with van der Waals surface area (Å²) in [4.78, 5) is 7.57. The lowest BCUT2D eigenvalue weighted by atomic mass is 9.79. The molecule has 0 bridgehead atoms. The minimum absolute atomic E-state index is 0.327. The van der Waals surface area contributed by atoms with Gasteiger partial charge in [0.1, 0.15) is 12.2 Å². The summed E-state index contributed by atoms with van der Waals surface area (Å²) >= 11 is 0. The number of rotatable bonds is 5. The minimum Gasteiger partial charge on any atom is -0.382 e. The van der Waals surface area contributed by atoms with Crippen LogP contribution in [0.25, 0.3) is 5.70 Å². The molecular weight excluding hydrogens is 373 g/mol. The van der Waals surface area contributed by atoms with Gasteiger partial charge < -0.3 is 20.8 Å². The van der Waals surface area contributed by atoms with Crippen LogP contribution in [0.5, 0.6) is 0 Å². The standard InChI is InChI=1S/C18H25F3N6O/c1-26-25-15(16-13-6-7-23-17(13)24-10-27(16)26)12-4-2-11(3-5-12)8-22-9-14(28)18(19,20)21/h6-7,10-12,14,22-23,25,28H,2-5,8-9H2,1H3. The molecule has 3 heterocycles. The van der Waals surface area contributed by atoms with Crippen LogP contribution in [0, 0.1) is 11.8 Å². The Bertz CT molecular complexity index is 766. The van der Waals surface area contributed by atoms with Crippen LogP contribution in [0.2, 0.25) is 0 Å². The van der Waals surface area contributed by atoms with E-state index >= 15 is 0 Å². The quantitative estimate of drug-likeness (QED) is 0.613. The highest BCUT2D eigenvalue weighted by Crippen LogP contribution is 2.42. The van der Waals surface area contributed by atoms with E-state index in [1.165, 1.54) is 5.70 Å². The summed E-state index contributed by atoms with van der Waals surface area (Å²) in [6.07, 6.45) is 0.625.